The summed E-state index contributed by atoms with van der Waals surface area (Å²) in [5.74, 6) is 0.660. The predicted octanol–water partition coefficient (Wildman–Crippen LogP) is 1.76. The Kier molecular flexibility index (Phi) is 5.80. The van der Waals surface area contributed by atoms with Gasteiger partial charge in [0.2, 0.25) is 11.8 Å². The Morgan fingerprint density at radius 2 is 1.83 bits per heavy atom. The Bertz CT molecular complexity index is 870. The number of carbonyl (C=O) groups excluding carboxylic acids is 2. The SMILES string of the molecule is Cc1cc2n(n1)CCCN2C(=O)CCC(=O)Nc1ccc(N2CCNCC2)cc1. The second-order valence-electron chi connectivity index (χ2n) is 7.60. The van der Waals surface area contributed by atoms with Crippen LogP contribution in [-0.2, 0) is 16.1 Å². The predicted molar refractivity (Wildman–Crippen MR) is 113 cm³/mol. The summed E-state index contributed by atoms with van der Waals surface area (Å²) in [6.45, 7) is 7.39. The average molecular weight is 396 g/mol. The number of fused-ring (bicyclic) bond motifs is 1. The lowest BCUT2D eigenvalue weighted by atomic mass is 10.2. The van der Waals surface area contributed by atoms with Gasteiger partial charge in [-0.1, -0.05) is 0 Å². The second-order valence-corrected chi connectivity index (χ2v) is 7.60. The van der Waals surface area contributed by atoms with E-state index in [9.17, 15) is 9.59 Å². The number of aromatic nitrogens is 2. The van der Waals surface area contributed by atoms with Gasteiger partial charge in [0.1, 0.15) is 5.82 Å². The smallest absolute Gasteiger partial charge is 0.228 e. The molecule has 1 aromatic carbocycles. The van der Waals surface area contributed by atoms with E-state index in [-0.39, 0.29) is 24.7 Å². The van der Waals surface area contributed by atoms with E-state index in [1.165, 1.54) is 0 Å². The number of carbonyl (C=O) groups is 2. The van der Waals surface area contributed by atoms with Crippen LogP contribution in [0, 0.1) is 6.92 Å². The maximum absolute atomic E-state index is 12.6. The highest BCUT2D eigenvalue weighted by Crippen LogP contribution is 2.23. The van der Waals surface area contributed by atoms with Crippen molar-refractivity contribution in [2.24, 2.45) is 0 Å². The van der Waals surface area contributed by atoms with Gasteiger partial charge in [-0.3, -0.25) is 14.5 Å². The fourth-order valence-electron chi connectivity index (χ4n) is 3.92. The molecule has 1 saturated heterocycles. The molecule has 0 spiro atoms. The largest absolute Gasteiger partial charge is 0.369 e. The lowest BCUT2D eigenvalue weighted by Crippen LogP contribution is -2.43. The van der Waals surface area contributed by atoms with Crippen molar-refractivity contribution in [3.8, 4) is 0 Å². The van der Waals surface area contributed by atoms with Gasteiger partial charge in [-0.25, -0.2) is 4.68 Å². The number of piperazine rings is 1. The van der Waals surface area contributed by atoms with E-state index in [2.05, 4.69) is 20.6 Å². The van der Waals surface area contributed by atoms with Crippen LogP contribution >= 0.6 is 0 Å². The molecule has 1 aromatic heterocycles. The fraction of sp³-hybridized carbons (Fsp3) is 0.476. The molecule has 2 aliphatic rings. The van der Waals surface area contributed by atoms with Crippen molar-refractivity contribution in [1.29, 1.82) is 0 Å². The molecule has 2 N–H and O–H groups in total. The zero-order valence-electron chi connectivity index (χ0n) is 16.9. The van der Waals surface area contributed by atoms with Gasteiger partial charge in [0.15, 0.2) is 0 Å². The molecule has 4 rings (SSSR count). The third-order valence-electron chi connectivity index (χ3n) is 5.41. The lowest BCUT2D eigenvalue weighted by Gasteiger charge is -2.29. The second kappa shape index (κ2) is 8.65. The average Bonchev–Trinajstić information content (AvgIpc) is 3.13. The van der Waals surface area contributed by atoms with Gasteiger partial charge in [-0.05, 0) is 37.6 Å². The molecule has 8 heteroatoms. The van der Waals surface area contributed by atoms with Gasteiger partial charge < -0.3 is 15.5 Å². The van der Waals surface area contributed by atoms with E-state index in [0.29, 0.717) is 6.54 Å². The van der Waals surface area contributed by atoms with E-state index >= 15 is 0 Å². The summed E-state index contributed by atoms with van der Waals surface area (Å²) in [6, 6.07) is 9.83. The summed E-state index contributed by atoms with van der Waals surface area (Å²) in [4.78, 5) is 29.0. The third-order valence-corrected chi connectivity index (χ3v) is 5.41. The molecular weight excluding hydrogens is 368 g/mol. The van der Waals surface area contributed by atoms with Crippen LogP contribution in [0.1, 0.15) is 25.0 Å². The first kappa shape index (κ1) is 19.4. The van der Waals surface area contributed by atoms with Crippen LogP contribution in [0.2, 0.25) is 0 Å². The van der Waals surface area contributed by atoms with Gasteiger partial charge in [0, 0.05) is 69.6 Å². The maximum atomic E-state index is 12.6. The van der Waals surface area contributed by atoms with Crippen LogP contribution in [0.4, 0.5) is 17.2 Å². The van der Waals surface area contributed by atoms with Crippen LogP contribution in [0.3, 0.4) is 0 Å². The first-order valence-electron chi connectivity index (χ1n) is 10.3. The summed E-state index contributed by atoms with van der Waals surface area (Å²) in [5.41, 5.74) is 2.83. The molecule has 0 atom stereocenters. The quantitative estimate of drug-likeness (QED) is 0.805. The molecule has 0 radical (unpaired) electrons. The Labute approximate surface area is 170 Å². The molecule has 0 bridgehead atoms. The van der Waals surface area contributed by atoms with Crippen LogP contribution in [0.25, 0.3) is 0 Å². The Hall–Kier alpha value is -2.87. The molecule has 2 aromatic rings. The lowest BCUT2D eigenvalue weighted by molar-refractivity contribution is -0.122. The minimum atomic E-state index is -0.144. The molecule has 8 nitrogen and oxygen atoms in total. The molecule has 29 heavy (non-hydrogen) atoms. The molecule has 3 heterocycles. The number of anilines is 3. The Balaban J connectivity index is 1.28. The van der Waals surface area contributed by atoms with E-state index in [1.54, 1.807) is 4.90 Å². The number of aryl methyl sites for hydroxylation is 2. The van der Waals surface area contributed by atoms with Gasteiger partial charge in [-0.15, -0.1) is 0 Å². The Morgan fingerprint density at radius 1 is 1.07 bits per heavy atom. The standard InChI is InChI=1S/C21H28N6O2/c1-16-15-20-26(11-2-12-27(20)24-16)21(29)8-7-19(28)23-17-3-5-18(6-4-17)25-13-9-22-10-14-25/h3-6,15,22H,2,7-14H2,1H3,(H,23,28). The van der Waals surface area contributed by atoms with Gasteiger partial charge in [0.25, 0.3) is 0 Å². The topological polar surface area (TPSA) is 82.5 Å². The van der Waals surface area contributed by atoms with Gasteiger partial charge >= 0.3 is 0 Å². The van der Waals surface area contributed by atoms with Crippen LogP contribution in [0.15, 0.2) is 30.3 Å². The highest BCUT2D eigenvalue weighted by molar-refractivity contribution is 5.97. The van der Waals surface area contributed by atoms with Crippen molar-refractivity contribution in [3.63, 3.8) is 0 Å². The molecule has 2 aliphatic heterocycles. The van der Waals surface area contributed by atoms with Gasteiger partial charge in [0.05, 0.1) is 5.69 Å². The minimum absolute atomic E-state index is 0.0324. The van der Waals surface area contributed by atoms with Crippen LogP contribution in [0.5, 0.6) is 0 Å². The van der Waals surface area contributed by atoms with Crippen molar-refractivity contribution in [3.05, 3.63) is 36.0 Å². The molecular formula is C21H28N6O2. The highest BCUT2D eigenvalue weighted by atomic mass is 16.2. The maximum Gasteiger partial charge on any atom is 0.228 e. The highest BCUT2D eigenvalue weighted by Gasteiger charge is 2.24. The monoisotopic (exact) mass is 396 g/mol. The fourth-order valence-corrected chi connectivity index (χ4v) is 3.92. The number of benzene rings is 1. The summed E-state index contributed by atoms with van der Waals surface area (Å²) in [6.07, 6.45) is 1.24. The van der Waals surface area contributed by atoms with Crippen molar-refractivity contribution >= 4 is 29.0 Å². The van der Waals surface area contributed by atoms with Crippen molar-refractivity contribution in [1.82, 2.24) is 15.1 Å². The van der Waals surface area contributed by atoms with Crippen molar-refractivity contribution in [2.75, 3.05) is 47.8 Å². The number of nitrogens with zero attached hydrogens (tertiary/aromatic N) is 4. The number of rotatable bonds is 5. The summed E-state index contributed by atoms with van der Waals surface area (Å²) in [5, 5.41) is 10.6. The summed E-state index contributed by atoms with van der Waals surface area (Å²) in [7, 11) is 0. The van der Waals surface area contributed by atoms with Crippen LogP contribution in [-0.4, -0.2) is 54.3 Å². The molecule has 0 aliphatic carbocycles. The normalized spacial score (nSPS) is 16.4. The van der Waals surface area contributed by atoms with Crippen molar-refractivity contribution < 1.29 is 9.59 Å². The van der Waals surface area contributed by atoms with E-state index in [1.807, 2.05) is 41.9 Å². The van der Waals surface area contributed by atoms with Crippen LogP contribution < -0.4 is 20.4 Å². The number of amides is 2. The minimum Gasteiger partial charge on any atom is -0.369 e. The van der Waals surface area contributed by atoms with E-state index in [0.717, 1.165) is 62.0 Å². The third kappa shape index (κ3) is 4.59. The first-order chi connectivity index (χ1) is 14.1. The van der Waals surface area contributed by atoms with E-state index < -0.39 is 0 Å². The molecule has 2 amide bonds. The molecule has 0 saturated carbocycles. The summed E-state index contributed by atoms with van der Waals surface area (Å²) < 4.78 is 1.87. The van der Waals surface area contributed by atoms with Gasteiger partial charge in [-0.2, -0.15) is 5.10 Å². The molecule has 1 fully saturated rings. The molecule has 154 valence electrons. The zero-order valence-corrected chi connectivity index (χ0v) is 16.9. The zero-order chi connectivity index (χ0) is 20.2. The number of hydrogen-bond acceptors (Lipinski definition) is 5. The molecule has 0 unspecified atom stereocenters. The summed E-state index contributed by atoms with van der Waals surface area (Å²) >= 11 is 0. The van der Waals surface area contributed by atoms with Crippen molar-refractivity contribution in [2.45, 2.75) is 32.7 Å². The first-order valence-corrected chi connectivity index (χ1v) is 10.3. The number of hydrogen-bond donors (Lipinski definition) is 2. The van der Waals surface area contributed by atoms with E-state index in [4.69, 9.17) is 0 Å². The Morgan fingerprint density at radius 3 is 2.59 bits per heavy atom. The number of nitrogens with one attached hydrogen (secondary N) is 2.